The Morgan fingerprint density at radius 3 is 2.93 bits per heavy atom. The van der Waals surface area contributed by atoms with Gasteiger partial charge in [-0.2, -0.15) is 0 Å². The van der Waals surface area contributed by atoms with Crippen LogP contribution in [0.25, 0.3) is 0 Å². The van der Waals surface area contributed by atoms with Gasteiger partial charge in [0.25, 0.3) is 0 Å². The van der Waals surface area contributed by atoms with Gasteiger partial charge in [-0.05, 0) is 24.3 Å². The Hall–Kier alpha value is -0.960. The van der Waals surface area contributed by atoms with Crippen LogP contribution in [0.3, 0.4) is 0 Å². The van der Waals surface area contributed by atoms with Crippen LogP contribution in [0.2, 0.25) is 0 Å². The summed E-state index contributed by atoms with van der Waals surface area (Å²) in [7, 11) is 0. The third-order valence-electron chi connectivity index (χ3n) is 2.64. The van der Waals surface area contributed by atoms with E-state index < -0.39 is 0 Å². The van der Waals surface area contributed by atoms with E-state index in [4.69, 9.17) is 0 Å². The van der Waals surface area contributed by atoms with E-state index in [1.807, 2.05) is 11.4 Å². The number of carbonyl (C=O) groups is 2. The minimum absolute atomic E-state index is 0.0321. The standard InChI is InChI=1S/C11H12O2S/c12-9-5-2-1-4-8(9)11(13)10-6-3-7-14-10/h3,6-8H,1-2,4-5H2/t8-/m1/s1. The van der Waals surface area contributed by atoms with Crippen molar-refractivity contribution in [2.45, 2.75) is 25.7 Å². The molecule has 1 aromatic rings. The number of carbonyl (C=O) groups excluding carboxylic acids is 2. The van der Waals surface area contributed by atoms with E-state index in [0.717, 1.165) is 24.1 Å². The monoisotopic (exact) mass is 208 g/mol. The molecule has 1 atom stereocenters. The summed E-state index contributed by atoms with van der Waals surface area (Å²) in [6, 6.07) is 3.65. The van der Waals surface area contributed by atoms with Crippen LogP contribution in [-0.4, -0.2) is 11.6 Å². The normalized spacial score (nSPS) is 22.3. The number of Topliss-reactive ketones (excluding diaryl/α,β-unsaturated/α-hetero) is 2. The summed E-state index contributed by atoms with van der Waals surface area (Å²) in [6.07, 6.45) is 3.29. The van der Waals surface area contributed by atoms with Gasteiger partial charge in [0.1, 0.15) is 5.78 Å². The van der Waals surface area contributed by atoms with Crippen molar-refractivity contribution in [3.8, 4) is 0 Å². The molecule has 1 aliphatic rings. The second-order valence-corrected chi connectivity index (χ2v) is 4.55. The summed E-state index contributed by atoms with van der Waals surface area (Å²) >= 11 is 1.42. The Kier molecular flexibility index (Phi) is 2.77. The summed E-state index contributed by atoms with van der Waals surface area (Å²) in [5.41, 5.74) is 0. The van der Waals surface area contributed by atoms with Gasteiger partial charge in [0.05, 0.1) is 10.8 Å². The minimum Gasteiger partial charge on any atom is -0.299 e. The minimum atomic E-state index is -0.345. The molecule has 0 aromatic carbocycles. The van der Waals surface area contributed by atoms with E-state index in [9.17, 15) is 9.59 Å². The third kappa shape index (κ3) is 1.77. The number of ketones is 2. The molecule has 0 amide bonds. The first-order valence-corrected chi connectivity index (χ1v) is 5.77. The zero-order chi connectivity index (χ0) is 9.97. The average molecular weight is 208 g/mol. The van der Waals surface area contributed by atoms with Gasteiger partial charge in [-0.3, -0.25) is 9.59 Å². The van der Waals surface area contributed by atoms with E-state index in [2.05, 4.69) is 0 Å². The number of hydrogen-bond acceptors (Lipinski definition) is 3. The fourth-order valence-corrected chi connectivity index (χ4v) is 2.57. The maximum absolute atomic E-state index is 11.9. The second-order valence-electron chi connectivity index (χ2n) is 3.61. The predicted octanol–water partition coefficient (Wildman–Crippen LogP) is 2.69. The molecule has 1 heterocycles. The van der Waals surface area contributed by atoms with Crippen LogP contribution in [0.1, 0.15) is 35.4 Å². The van der Waals surface area contributed by atoms with Crippen molar-refractivity contribution in [2.75, 3.05) is 0 Å². The summed E-state index contributed by atoms with van der Waals surface area (Å²) in [6.45, 7) is 0. The topological polar surface area (TPSA) is 34.1 Å². The maximum atomic E-state index is 11.9. The molecule has 2 nitrogen and oxygen atoms in total. The van der Waals surface area contributed by atoms with E-state index >= 15 is 0 Å². The number of rotatable bonds is 2. The molecule has 0 N–H and O–H groups in total. The highest BCUT2D eigenvalue weighted by atomic mass is 32.1. The van der Waals surface area contributed by atoms with Crippen molar-refractivity contribution >= 4 is 22.9 Å². The van der Waals surface area contributed by atoms with Crippen LogP contribution in [0.4, 0.5) is 0 Å². The average Bonchev–Trinajstić information content (AvgIpc) is 2.70. The van der Waals surface area contributed by atoms with Crippen molar-refractivity contribution in [1.82, 2.24) is 0 Å². The van der Waals surface area contributed by atoms with Gasteiger partial charge in [0, 0.05) is 6.42 Å². The van der Waals surface area contributed by atoms with Gasteiger partial charge >= 0.3 is 0 Å². The van der Waals surface area contributed by atoms with E-state index in [-0.39, 0.29) is 17.5 Å². The molecule has 1 aromatic heterocycles. The molecule has 0 bridgehead atoms. The van der Waals surface area contributed by atoms with E-state index in [1.165, 1.54) is 11.3 Å². The van der Waals surface area contributed by atoms with Gasteiger partial charge in [0.15, 0.2) is 5.78 Å². The van der Waals surface area contributed by atoms with Crippen LogP contribution in [0, 0.1) is 5.92 Å². The first-order valence-electron chi connectivity index (χ1n) is 4.89. The smallest absolute Gasteiger partial charge is 0.183 e. The van der Waals surface area contributed by atoms with Gasteiger partial charge < -0.3 is 0 Å². The Balaban J connectivity index is 2.14. The molecule has 0 unspecified atom stereocenters. The van der Waals surface area contributed by atoms with Crippen LogP contribution in [0.15, 0.2) is 17.5 Å². The zero-order valence-corrected chi connectivity index (χ0v) is 8.68. The molecule has 3 heteroatoms. The zero-order valence-electron chi connectivity index (χ0n) is 7.86. The lowest BCUT2D eigenvalue weighted by atomic mass is 9.84. The van der Waals surface area contributed by atoms with Crippen molar-refractivity contribution in [1.29, 1.82) is 0 Å². The second kappa shape index (κ2) is 4.05. The van der Waals surface area contributed by atoms with Gasteiger partial charge in [-0.1, -0.05) is 12.5 Å². The Bertz CT molecular complexity index is 340. The molecule has 1 saturated carbocycles. The third-order valence-corrected chi connectivity index (χ3v) is 3.52. The SMILES string of the molecule is O=C1CCCC[C@H]1C(=O)c1cccs1. The van der Waals surface area contributed by atoms with E-state index in [1.54, 1.807) is 6.07 Å². The fraction of sp³-hybridized carbons (Fsp3) is 0.455. The van der Waals surface area contributed by atoms with Gasteiger partial charge in [-0.25, -0.2) is 0 Å². The highest BCUT2D eigenvalue weighted by molar-refractivity contribution is 7.12. The van der Waals surface area contributed by atoms with Crippen molar-refractivity contribution in [3.05, 3.63) is 22.4 Å². The molecule has 0 radical (unpaired) electrons. The maximum Gasteiger partial charge on any atom is 0.183 e. The molecule has 1 fully saturated rings. The summed E-state index contributed by atoms with van der Waals surface area (Å²) < 4.78 is 0. The molecule has 0 saturated heterocycles. The Morgan fingerprint density at radius 2 is 2.29 bits per heavy atom. The van der Waals surface area contributed by atoms with Crippen LogP contribution < -0.4 is 0 Å². The number of hydrogen-bond donors (Lipinski definition) is 0. The number of thiophene rings is 1. The highest BCUT2D eigenvalue weighted by Crippen LogP contribution is 2.25. The van der Waals surface area contributed by atoms with Crippen molar-refractivity contribution < 1.29 is 9.59 Å². The lowest BCUT2D eigenvalue weighted by Gasteiger charge is -2.18. The molecule has 0 spiro atoms. The van der Waals surface area contributed by atoms with Gasteiger partial charge in [0.2, 0.25) is 0 Å². The molecular weight excluding hydrogens is 196 g/mol. The quantitative estimate of drug-likeness (QED) is 0.553. The lowest BCUT2D eigenvalue weighted by molar-refractivity contribution is -0.122. The van der Waals surface area contributed by atoms with Crippen LogP contribution in [-0.2, 0) is 4.79 Å². The van der Waals surface area contributed by atoms with Crippen LogP contribution >= 0.6 is 11.3 Å². The van der Waals surface area contributed by atoms with Crippen LogP contribution in [0.5, 0.6) is 0 Å². The summed E-state index contributed by atoms with van der Waals surface area (Å²) in [4.78, 5) is 24.1. The molecule has 14 heavy (non-hydrogen) atoms. The summed E-state index contributed by atoms with van der Waals surface area (Å²) in [5.74, 6) is -0.179. The highest BCUT2D eigenvalue weighted by Gasteiger charge is 2.29. The molecule has 2 rings (SSSR count). The molecule has 1 aliphatic carbocycles. The molecule has 74 valence electrons. The first-order chi connectivity index (χ1) is 6.79. The molecule has 0 aliphatic heterocycles. The first kappa shape index (κ1) is 9.59. The largest absolute Gasteiger partial charge is 0.299 e. The lowest BCUT2D eigenvalue weighted by Crippen LogP contribution is -2.26. The van der Waals surface area contributed by atoms with E-state index in [0.29, 0.717) is 6.42 Å². The molecular formula is C11H12O2S. The Labute approximate surface area is 86.9 Å². The van der Waals surface area contributed by atoms with Crippen molar-refractivity contribution in [3.63, 3.8) is 0 Å². The Morgan fingerprint density at radius 1 is 1.43 bits per heavy atom. The van der Waals surface area contributed by atoms with Gasteiger partial charge in [-0.15, -0.1) is 11.3 Å². The summed E-state index contributed by atoms with van der Waals surface area (Å²) in [5, 5.41) is 1.88. The fourth-order valence-electron chi connectivity index (χ4n) is 1.85. The predicted molar refractivity (Wildman–Crippen MR) is 55.6 cm³/mol. The van der Waals surface area contributed by atoms with Crippen molar-refractivity contribution in [2.24, 2.45) is 5.92 Å².